The standard InChI is InChI=1S/C24H29BrN2O3.C13H12BrN.C11H19NO4/c1-24(2,3)30-23(29)26-15-13-19(14-16-26)22(28)27(17-18-9-5-4-6-10-18)21-12-8-7-11-20(21)25;14-12-8-4-5-9-13(12)15-10-11-6-2-1-3-7-11;1-11(2,3)16-10(15)12-6-4-8(5-7-12)9(13)14/h4-12,19H,13-17H2,1-3H3;1-9,15H,10H2;8H,4-7H2,1-3H3,(H,13,14). The summed E-state index contributed by atoms with van der Waals surface area (Å²) in [5.41, 5.74) is 3.33. The zero-order valence-corrected chi connectivity index (χ0v) is 39.3. The van der Waals surface area contributed by atoms with Crippen LogP contribution in [0, 0.1) is 11.8 Å². The SMILES string of the molecule is Brc1ccccc1NCc1ccccc1.CC(C)(C)OC(=O)N1CCC(C(=O)N(Cc2ccccc2)c2ccccc2Br)CC1.CC(C)(C)OC(=O)N1CCC(C(=O)O)CC1. The van der Waals surface area contributed by atoms with Crippen molar-refractivity contribution in [2.45, 2.75) is 91.5 Å². The van der Waals surface area contributed by atoms with E-state index in [-0.39, 0.29) is 29.9 Å². The van der Waals surface area contributed by atoms with Crippen molar-refractivity contribution in [2.75, 3.05) is 36.4 Å². The third-order valence-corrected chi connectivity index (χ3v) is 11.1. The lowest BCUT2D eigenvalue weighted by Crippen LogP contribution is -2.45. The third kappa shape index (κ3) is 16.8. The summed E-state index contributed by atoms with van der Waals surface area (Å²) < 4.78 is 12.7. The van der Waals surface area contributed by atoms with Crippen LogP contribution in [0.4, 0.5) is 21.0 Å². The predicted octanol–water partition coefficient (Wildman–Crippen LogP) is 11.4. The summed E-state index contributed by atoms with van der Waals surface area (Å²) in [4.78, 5) is 53.4. The molecule has 4 aromatic carbocycles. The summed E-state index contributed by atoms with van der Waals surface area (Å²) in [6, 6.07) is 36.3. The van der Waals surface area contributed by atoms with E-state index >= 15 is 0 Å². The second-order valence-corrected chi connectivity index (χ2v) is 18.7. The predicted molar refractivity (Wildman–Crippen MR) is 248 cm³/mol. The van der Waals surface area contributed by atoms with Crippen LogP contribution in [-0.2, 0) is 32.2 Å². The van der Waals surface area contributed by atoms with Crippen LogP contribution in [-0.4, -0.2) is 76.4 Å². The van der Waals surface area contributed by atoms with Gasteiger partial charge in [-0.25, -0.2) is 9.59 Å². The summed E-state index contributed by atoms with van der Waals surface area (Å²) in [7, 11) is 0. The Morgan fingerprint density at radius 1 is 0.623 bits per heavy atom. The Kier molecular flexibility index (Phi) is 18.7. The fourth-order valence-corrected chi connectivity index (χ4v) is 7.53. The molecule has 13 heteroatoms. The van der Waals surface area contributed by atoms with Crippen LogP contribution in [0.1, 0.15) is 78.4 Å². The van der Waals surface area contributed by atoms with Crippen LogP contribution < -0.4 is 10.2 Å². The highest BCUT2D eigenvalue weighted by Gasteiger charge is 2.33. The first-order valence-electron chi connectivity index (χ1n) is 20.7. The van der Waals surface area contributed by atoms with Gasteiger partial charge in [0.15, 0.2) is 0 Å². The van der Waals surface area contributed by atoms with E-state index in [9.17, 15) is 19.2 Å². The quantitative estimate of drug-likeness (QED) is 0.179. The molecule has 0 radical (unpaired) electrons. The monoisotopic (exact) mass is 962 g/mol. The summed E-state index contributed by atoms with van der Waals surface area (Å²) in [6.45, 7) is 14.4. The number of para-hydroxylation sites is 2. The van der Waals surface area contributed by atoms with Gasteiger partial charge < -0.3 is 34.6 Å². The number of anilines is 2. The van der Waals surface area contributed by atoms with Gasteiger partial charge in [0.2, 0.25) is 5.91 Å². The molecule has 61 heavy (non-hydrogen) atoms. The second kappa shape index (κ2) is 23.4. The van der Waals surface area contributed by atoms with Crippen molar-refractivity contribution in [3.63, 3.8) is 0 Å². The Balaban J connectivity index is 0.000000222. The minimum atomic E-state index is -0.774. The topological polar surface area (TPSA) is 129 Å². The number of benzene rings is 4. The van der Waals surface area contributed by atoms with Crippen LogP contribution in [0.15, 0.2) is 118 Å². The molecule has 2 aliphatic rings. The smallest absolute Gasteiger partial charge is 0.410 e. The lowest BCUT2D eigenvalue weighted by molar-refractivity contribution is -0.143. The van der Waals surface area contributed by atoms with Crippen molar-refractivity contribution >= 4 is 67.3 Å². The summed E-state index contributed by atoms with van der Waals surface area (Å²) in [6.07, 6.45) is 1.63. The molecule has 328 valence electrons. The van der Waals surface area contributed by atoms with E-state index in [1.54, 1.807) is 9.80 Å². The number of hydrogen-bond donors (Lipinski definition) is 2. The molecule has 3 amide bonds. The van der Waals surface area contributed by atoms with Crippen LogP contribution >= 0.6 is 31.9 Å². The molecule has 6 rings (SSSR count). The molecule has 11 nitrogen and oxygen atoms in total. The van der Waals surface area contributed by atoms with Crippen LogP contribution in [0.2, 0.25) is 0 Å². The highest BCUT2D eigenvalue weighted by atomic mass is 79.9. The number of carboxylic acids is 1. The molecule has 4 aromatic rings. The number of piperidine rings is 2. The number of aliphatic carboxylic acids is 1. The molecule has 0 aromatic heterocycles. The number of carbonyl (C=O) groups excluding carboxylic acids is 3. The normalized spacial score (nSPS) is 14.6. The largest absolute Gasteiger partial charge is 0.481 e. The highest BCUT2D eigenvalue weighted by Crippen LogP contribution is 2.31. The average molecular weight is 965 g/mol. The number of rotatable bonds is 8. The molecule has 0 spiro atoms. The van der Waals surface area contributed by atoms with Crippen molar-refractivity contribution < 1.29 is 33.8 Å². The first-order chi connectivity index (χ1) is 28.9. The van der Waals surface area contributed by atoms with Gasteiger partial charge in [0.05, 0.1) is 18.2 Å². The molecular weight excluding hydrogens is 904 g/mol. The fourth-order valence-electron chi connectivity index (χ4n) is 6.61. The maximum absolute atomic E-state index is 13.5. The van der Waals surface area contributed by atoms with Crippen molar-refractivity contribution in [1.29, 1.82) is 0 Å². The Morgan fingerprint density at radius 2 is 1.05 bits per heavy atom. The minimum Gasteiger partial charge on any atom is -0.481 e. The molecule has 0 aliphatic carbocycles. The number of halogens is 2. The van der Waals surface area contributed by atoms with E-state index in [0.717, 1.165) is 32.4 Å². The number of carbonyl (C=O) groups is 4. The molecule has 0 bridgehead atoms. The van der Waals surface area contributed by atoms with Gasteiger partial charge in [-0.1, -0.05) is 84.9 Å². The van der Waals surface area contributed by atoms with E-state index in [1.807, 2.05) is 125 Å². The van der Waals surface area contributed by atoms with Gasteiger partial charge in [-0.2, -0.15) is 0 Å². The van der Waals surface area contributed by atoms with E-state index in [2.05, 4.69) is 67.5 Å². The number of nitrogens with zero attached hydrogens (tertiary/aromatic N) is 3. The fraction of sp³-hybridized carbons (Fsp3) is 0.417. The summed E-state index contributed by atoms with van der Waals surface area (Å²) >= 11 is 7.10. The zero-order chi connectivity index (χ0) is 44.6. The van der Waals surface area contributed by atoms with Gasteiger partial charge >= 0.3 is 18.2 Å². The number of carboxylic acid groups (broad SMARTS) is 1. The van der Waals surface area contributed by atoms with Crippen LogP contribution in [0.3, 0.4) is 0 Å². The van der Waals surface area contributed by atoms with E-state index < -0.39 is 17.2 Å². The van der Waals surface area contributed by atoms with Gasteiger partial charge in [-0.15, -0.1) is 0 Å². The molecule has 0 atom stereocenters. The third-order valence-electron chi connectivity index (χ3n) is 9.78. The van der Waals surface area contributed by atoms with Gasteiger partial charge in [0.25, 0.3) is 0 Å². The molecule has 2 N–H and O–H groups in total. The average Bonchev–Trinajstić information content (AvgIpc) is 3.23. The molecule has 2 aliphatic heterocycles. The number of ether oxygens (including phenoxy) is 2. The molecule has 0 unspecified atom stereocenters. The number of likely N-dealkylation sites (tertiary alicyclic amines) is 2. The lowest BCUT2D eigenvalue weighted by atomic mass is 9.95. The van der Waals surface area contributed by atoms with E-state index in [4.69, 9.17) is 14.6 Å². The zero-order valence-electron chi connectivity index (χ0n) is 36.1. The summed E-state index contributed by atoms with van der Waals surface area (Å²) in [5.74, 6) is -1.13. The van der Waals surface area contributed by atoms with Gasteiger partial charge in [-0.3, -0.25) is 9.59 Å². The maximum atomic E-state index is 13.5. The first-order valence-corrected chi connectivity index (χ1v) is 22.3. The van der Waals surface area contributed by atoms with Crippen LogP contribution in [0.5, 0.6) is 0 Å². The first kappa shape index (κ1) is 48.8. The molecule has 2 fully saturated rings. The minimum absolute atomic E-state index is 0.0922. The molecule has 0 saturated carbocycles. The lowest BCUT2D eigenvalue weighted by Gasteiger charge is -2.35. The van der Waals surface area contributed by atoms with Gasteiger partial charge in [0.1, 0.15) is 11.2 Å². The van der Waals surface area contributed by atoms with Crippen molar-refractivity contribution in [3.05, 3.63) is 129 Å². The number of nitrogens with one attached hydrogen (secondary N) is 1. The number of amides is 3. The highest BCUT2D eigenvalue weighted by molar-refractivity contribution is 9.11. The molecule has 2 heterocycles. The van der Waals surface area contributed by atoms with Crippen LogP contribution in [0.25, 0.3) is 0 Å². The summed E-state index contributed by atoms with van der Waals surface area (Å²) in [5, 5.41) is 12.2. The van der Waals surface area contributed by atoms with Crippen molar-refractivity contribution in [2.24, 2.45) is 11.8 Å². The maximum Gasteiger partial charge on any atom is 0.410 e. The van der Waals surface area contributed by atoms with Gasteiger partial charge in [-0.05, 0) is 134 Å². The Labute approximate surface area is 378 Å². The van der Waals surface area contributed by atoms with E-state index in [1.165, 1.54) is 5.56 Å². The van der Waals surface area contributed by atoms with Crippen molar-refractivity contribution in [3.8, 4) is 0 Å². The van der Waals surface area contributed by atoms with E-state index in [0.29, 0.717) is 58.4 Å². The molecular formula is C48H60Br2N4O7. The number of hydrogen-bond acceptors (Lipinski definition) is 7. The Hall–Kier alpha value is -4.88. The second-order valence-electron chi connectivity index (χ2n) is 17.0. The Bertz CT molecular complexity index is 2010. The van der Waals surface area contributed by atoms with Gasteiger partial charge in [0, 0.05) is 53.3 Å². The van der Waals surface area contributed by atoms with Crippen molar-refractivity contribution in [1.82, 2.24) is 9.80 Å². The Morgan fingerprint density at radius 3 is 1.51 bits per heavy atom. The molecule has 2 saturated heterocycles.